The molecule has 1 aromatic carbocycles. The van der Waals surface area contributed by atoms with Gasteiger partial charge >= 0.3 is 0 Å². The number of likely N-dealkylation sites (tertiary alicyclic amines) is 1. The van der Waals surface area contributed by atoms with Gasteiger partial charge in [-0.2, -0.15) is 0 Å². The molecule has 0 aromatic heterocycles. The number of nitrogens with two attached hydrogens (primary N) is 1. The Balaban J connectivity index is 2.12. The van der Waals surface area contributed by atoms with Crippen LogP contribution in [0.1, 0.15) is 44.0 Å². The molecule has 23 heavy (non-hydrogen) atoms. The number of anilines is 1. The van der Waals surface area contributed by atoms with Gasteiger partial charge in [0.2, 0.25) is 11.8 Å². The third-order valence-electron chi connectivity index (χ3n) is 3.77. The van der Waals surface area contributed by atoms with Crippen LogP contribution >= 0.6 is 11.6 Å². The van der Waals surface area contributed by atoms with Crippen LogP contribution in [0.15, 0.2) is 18.2 Å². The van der Waals surface area contributed by atoms with E-state index in [2.05, 4.69) is 26.1 Å². The van der Waals surface area contributed by atoms with Gasteiger partial charge in [-0.15, -0.1) is 0 Å². The fraction of sp³-hybridized carbons (Fsp3) is 0.529. The molecule has 1 atom stereocenters. The zero-order valence-corrected chi connectivity index (χ0v) is 14.6. The first-order valence-electron chi connectivity index (χ1n) is 7.82. The Kier molecular flexibility index (Phi) is 5.19. The summed E-state index contributed by atoms with van der Waals surface area (Å²) in [6, 6.07) is 4.68. The van der Waals surface area contributed by atoms with Gasteiger partial charge in [-0.05, 0) is 36.5 Å². The Bertz CT molecular complexity index is 610. The molecular formula is C17H24ClN3O2. The highest BCUT2D eigenvalue weighted by molar-refractivity contribution is 6.33. The van der Waals surface area contributed by atoms with Crippen molar-refractivity contribution in [2.24, 2.45) is 11.1 Å². The SMILES string of the molecule is CC(C)(C)CN1CCCC(Nc2ccc(Cl)c(C(N)=O)c2)C1=O. The molecule has 0 saturated carbocycles. The van der Waals surface area contributed by atoms with Crippen molar-refractivity contribution in [3.8, 4) is 0 Å². The van der Waals surface area contributed by atoms with Gasteiger partial charge in [-0.25, -0.2) is 0 Å². The molecule has 1 heterocycles. The van der Waals surface area contributed by atoms with Gasteiger partial charge in [-0.3, -0.25) is 9.59 Å². The van der Waals surface area contributed by atoms with E-state index in [1.165, 1.54) is 0 Å². The van der Waals surface area contributed by atoms with Crippen molar-refractivity contribution in [2.45, 2.75) is 39.7 Å². The summed E-state index contributed by atoms with van der Waals surface area (Å²) >= 11 is 5.95. The maximum Gasteiger partial charge on any atom is 0.250 e. The van der Waals surface area contributed by atoms with E-state index in [4.69, 9.17) is 17.3 Å². The number of rotatable bonds is 4. The topological polar surface area (TPSA) is 75.4 Å². The monoisotopic (exact) mass is 337 g/mol. The van der Waals surface area contributed by atoms with E-state index in [1.54, 1.807) is 18.2 Å². The summed E-state index contributed by atoms with van der Waals surface area (Å²) in [5.74, 6) is -0.482. The lowest BCUT2D eigenvalue weighted by atomic mass is 9.94. The maximum absolute atomic E-state index is 12.6. The van der Waals surface area contributed by atoms with Gasteiger partial charge in [-0.1, -0.05) is 32.4 Å². The summed E-state index contributed by atoms with van der Waals surface area (Å²) < 4.78 is 0. The largest absolute Gasteiger partial charge is 0.374 e. The Morgan fingerprint density at radius 2 is 2.13 bits per heavy atom. The first kappa shape index (κ1) is 17.6. The van der Waals surface area contributed by atoms with Crippen LogP contribution < -0.4 is 11.1 Å². The first-order valence-corrected chi connectivity index (χ1v) is 8.20. The predicted molar refractivity (Wildman–Crippen MR) is 92.6 cm³/mol. The number of carbonyl (C=O) groups excluding carboxylic acids is 2. The normalized spacial score (nSPS) is 18.9. The molecule has 1 aliphatic heterocycles. The molecule has 0 spiro atoms. The number of nitrogens with zero attached hydrogens (tertiary/aromatic N) is 1. The van der Waals surface area contributed by atoms with E-state index in [9.17, 15) is 9.59 Å². The Labute approximate surface area is 142 Å². The molecule has 1 saturated heterocycles. The molecule has 126 valence electrons. The standard InChI is InChI=1S/C17H24ClN3O2/c1-17(2,3)10-21-8-4-5-14(16(21)23)20-11-6-7-13(18)12(9-11)15(19)22/h6-7,9,14,20H,4-5,8,10H2,1-3H3,(H2,19,22). The van der Waals surface area contributed by atoms with Gasteiger partial charge in [0.25, 0.3) is 0 Å². The minimum absolute atomic E-state index is 0.0664. The van der Waals surface area contributed by atoms with E-state index in [0.717, 1.165) is 25.9 Å². The summed E-state index contributed by atoms with van der Waals surface area (Å²) in [5.41, 5.74) is 6.31. The molecule has 1 aromatic rings. The summed E-state index contributed by atoms with van der Waals surface area (Å²) in [7, 11) is 0. The second-order valence-corrected chi connectivity index (χ2v) is 7.63. The Morgan fingerprint density at radius 1 is 1.43 bits per heavy atom. The Morgan fingerprint density at radius 3 is 2.74 bits per heavy atom. The van der Waals surface area contributed by atoms with Gasteiger partial charge in [0.15, 0.2) is 0 Å². The third kappa shape index (κ3) is 4.61. The highest BCUT2D eigenvalue weighted by atomic mass is 35.5. The number of nitrogens with one attached hydrogen (secondary N) is 1. The Hall–Kier alpha value is -1.75. The van der Waals surface area contributed by atoms with Crippen molar-refractivity contribution >= 4 is 29.1 Å². The zero-order chi connectivity index (χ0) is 17.2. The summed E-state index contributed by atoms with van der Waals surface area (Å²) in [6.45, 7) is 7.89. The molecule has 2 amide bonds. The van der Waals surface area contributed by atoms with Crippen LogP contribution in [0.4, 0.5) is 5.69 Å². The average molecular weight is 338 g/mol. The number of piperidine rings is 1. The van der Waals surface area contributed by atoms with Crippen molar-refractivity contribution in [3.05, 3.63) is 28.8 Å². The minimum atomic E-state index is -0.581. The molecule has 0 radical (unpaired) electrons. The molecule has 1 unspecified atom stereocenters. The van der Waals surface area contributed by atoms with E-state index >= 15 is 0 Å². The third-order valence-corrected chi connectivity index (χ3v) is 4.10. The molecule has 1 aliphatic rings. The first-order chi connectivity index (χ1) is 10.7. The second-order valence-electron chi connectivity index (χ2n) is 7.22. The van der Waals surface area contributed by atoms with Crippen molar-refractivity contribution in [2.75, 3.05) is 18.4 Å². The fourth-order valence-electron chi connectivity index (χ4n) is 2.81. The van der Waals surface area contributed by atoms with Crippen molar-refractivity contribution in [1.82, 2.24) is 4.90 Å². The number of carbonyl (C=O) groups is 2. The molecule has 0 bridgehead atoms. The quantitative estimate of drug-likeness (QED) is 0.887. The van der Waals surface area contributed by atoms with Gasteiger partial charge in [0, 0.05) is 18.8 Å². The lowest BCUT2D eigenvalue weighted by molar-refractivity contribution is -0.135. The average Bonchev–Trinajstić information content (AvgIpc) is 2.43. The van der Waals surface area contributed by atoms with Crippen molar-refractivity contribution in [1.29, 1.82) is 0 Å². The van der Waals surface area contributed by atoms with Crippen LogP contribution in [-0.4, -0.2) is 35.8 Å². The number of primary amides is 1. The lowest BCUT2D eigenvalue weighted by Gasteiger charge is -2.37. The molecule has 1 fully saturated rings. The highest BCUT2D eigenvalue weighted by Gasteiger charge is 2.31. The maximum atomic E-state index is 12.6. The molecule has 5 nitrogen and oxygen atoms in total. The minimum Gasteiger partial charge on any atom is -0.374 e. The van der Waals surface area contributed by atoms with Crippen molar-refractivity contribution in [3.63, 3.8) is 0 Å². The van der Waals surface area contributed by atoms with E-state index in [-0.39, 0.29) is 22.9 Å². The zero-order valence-electron chi connectivity index (χ0n) is 13.9. The molecule has 0 aliphatic carbocycles. The fourth-order valence-corrected chi connectivity index (χ4v) is 3.02. The van der Waals surface area contributed by atoms with Gasteiger partial charge in [0.05, 0.1) is 10.6 Å². The van der Waals surface area contributed by atoms with E-state index in [0.29, 0.717) is 10.7 Å². The number of halogens is 1. The lowest BCUT2D eigenvalue weighted by Crippen LogP contribution is -2.50. The molecule has 2 rings (SSSR count). The second kappa shape index (κ2) is 6.79. The molecule has 3 N–H and O–H groups in total. The smallest absolute Gasteiger partial charge is 0.250 e. The van der Waals surface area contributed by atoms with Crippen LogP contribution in [-0.2, 0) is 4.79 Å². The van der Waals surface area contributed by atoms with Crippen LogP contribution in [0, 0.1) is 5.41 Å². The van der Waals surface area contributed by atoms with E-state index in [1.807, 2.05) is 4.90 Å². The van der Waals surface area contributed by atoms with Crippen LogP contribution in [0.3, 0.4) is 0 Å². The number of amides is 2. The van der Waals surface area contributed by atoms with Crippen LogP contribution in [0.2, 0.25) is 5.02 Å². The number of hydrogen-bond acceptors (Lipinski definition) is 3. The summed E-state index contributed by atoms with van der Waals surface area (Å²) in [5, 5.41) is 3.52. The van der Waals surface area contributed by atoms with Crippen molar-refractivity contribution < 1.29 is 9.59 Å². The van der Waals surface area contributed by atoms with Gasteiger partial charge < -0.3 is 16.0 Å². The number of benzene rings is 1. The van der Waals surface area contributed by atoms with E-state index < -0.39 is 5.91 Å². The summed E-state index contributed by atoms with van der Waals surface area (Å²) in [6.07, 6.45) is 1.73. The highest BCUT2D eigenvalue weighted by Crippen LogP contribution is 2.24. The predicted octanol–water partition coefficient (Wildman–Crippen LogP) is 2.89. The van der Waals surface area contributed by atoms with Crippen LogP contribution in [0.25, 0.3) is 0 Å². The van der Waals surface area contributed by atoms with Crippen LogP contribution in [0.5, 0.6) is 0 Å². The number of hydrogen-bond donors (Lipinski definition) is 2. The van der Waals surface area contributed by atoms with Gasteiger partial charge in [0.1, 0.15) is 6.04 Å². The summed E-state index contributed by atoms with van der Waals surface area (Å²) in [4.78, 5) is 25.9. The molecule has 6 heteroatoms. The molecular weight excluding hydrogens is 314 g/mol.